The molecule has 2 atom stereocenters. The van der Waals surface area contributed by atoms with Crippen LogP contribution in [0.25, 0.3) is 0 Å². The molecule has 0 aromatic carbocycles. The van der Waals surface area contributed by atoms with Crippen molar-refractivity contribution in [2.45, 2.75) is 39.8 Å². The highest BCUT2D eigenvalue weighted by atomic mass is 16.5. The van der Waals surface area contributed by atoms with E-state index in [9.17, 15) is 0 Å². The lowest BCUT2D eigenvalue weighted by molar-refractivity contribution is -0.0328. The maximum absolute atomic E-state index is 5.71. The molecule has 2 aliphatic rings. The van der Waals surface area contributed by atoms with Gasteiger partial charge in [0.25, 0.3) is 0 Å². The second kappa shape index (κ2) is 3.25. The standard InChI is InChI=1S/C11H21NO/c1-11(2,3)9-4-5-12-6-7-13-10(12)8-9/h9-10H,4-8H2,1-3H3. The molecule has 2 aliphatic heterocycles. The van der Waals surface area contributed by atoms with Crippen molar-refractivity contribution in [1.82, 2.24) is 4.90 Å². The third-order valence-electron chi connectivity index (χ3n) is 3.57. The molecule has 13 heavy (non-hydrogen) atoms. The van der Waals surface area contributed by atoms with E-state index in [-0.39, 0.29) is 0 Å². The molecule has 0 amide bonds. The molecule has 2 unspecified atom stereocenters. The highest BCUT2D eigenvalue weighted by molar-refractivity contribution is 4.85. The molecule has 76 valence electrons. The molecule has 0 saturated carbocycles. The van der Waals surface area contributed by atoms with E-state index in [0.717, 1.165) is 19.1 Å². The molecular formula is C11H21NO. The Hall–Kier alpha value is -0.0800. The molecule has 0 aromatic heterocycles. The van der Waals surface area contributed by atoms with Gasteiger partial charge in [-0.1, -0.05) is 20.8 Å². The molecule has 0 N–H and O–H groups in total. The average Bonchev–Trinajstić information content (AvgIpc) is 2.47. The van der Waals surface area contributed by atoms with Gasteiger partial charge in [-0.15, -0.1) is 0 Å². The third-order valence-corrected chi connectivity index (χ3v) is 3.57. The Labute approximate surface area is 81.3 Å². The summed E-state index contributed by atoms with van der Waals surface area (Å²) in [7, 11) is 0. The maximum atomic E-state index is 5.71. The van der Waals surface area contributed by atoms with Gasteiger partial charge in [0.15, 0.2) is 0 Å². The molecule has 0 aliphatic carbocycles. The first-order valence-corrected chi connectivity index (χ1v) is 5.43. The summed E-state index contributed by atoms with van der Waals surface area (Å²) in [4.78, 5) is 2.49. The number of hydrogen-bond donors (Lipinski definition) is 0. The fraction of sp³-hybridized carbons (Fsp3) is 1.00. The summed E-state index contributed by atoms with van der Waals surface area (Å²) in [5, 5.41) is 0. The monoisotopic (exact) mass is 183 g/mol. The van der Waals surface area contributed by atoms with Crippen LogP contribution in [-0.4, -0.2) is 30.8 Å². The summed E-state index contributed by atoms with van der Waals surface area (Å²) < 4.78 is 5.71. The highest BCUT2D eigenvalue weighted by Crippen LogP contribution is 2.37. The number of piperidine rings is 1. The number of nitrogens with zero attached hydrogens (tertiary/aromatic N) is 1. The summed E-state index contributed by atoms with van der Waals surface area (Å²) in [6.07, 6.45) is 3.03. The Bertz CT molecular complexity index is 185. The van der Waals surface area contributed by atoms with Gasteiger partial charge >= 0.3 is 0 Å². The summed E-state index contributed by atoms with van der Waals surface area (Å²) >= 11 is 0. The van der Waals surface area contributed by atoms with Crippen molar-refractivity contribution in [2.24, 2.45) is 11.3 Å². The first kappa shape index (κ1) is 9.47. The molecular weight excluding hydrogens is 162 g/mol. The molecule has 0 radical (unpaired) electrons. The Morgan fingerprint density at radius 3 is 2.69 bits per heavy atom. The van der Waals surface area contributed by atoms with Crippen LogP contribution >= 0.6 is 0 Å². The Morgan fingerprint density at radius 2 is 2.00 bits per heavy atom. The van der Waals surface area contributed by atoms with E-state index in [4.69, 9.17) is 4.74 Å². The van der Waals surface area contributed by atoms with E-state index in [1.807, 2.05) is 0 Å². The van der Waals surface area contributed by atoms with E-state index >= 15 is 0 Å². The van der Waals surface area contributed by atoms with Crippen molar-refractivity contribution in [2.75, 3.05) is 19.7 Å². The van der Waals surface area contributed by atoms with Crippen molar-refractivity contribution < 1.29 is 4.74 Å². The molecule has 2 heterocycles. The van der Waals surface area contributed by atoms with E-state index in [0.29, 0.717) is 11.6 Å². The zero-order valence-electron chi connectivity index (χ0n) is 9.05. The van der Waals surface area contributed by atoms with Crippen molar-refractivity contribution in [3.63, 3.8) is 0 Å². The fourth-order valence-electron chi connectivity index (χ4n) is 2.50. The van der Waals surface area contributed by atoms with E-state index < -0.39 is 0 Å². The van der Waals surface area contributed by atoms with Crippen LogP contribution in [0.3, 0.4) is 0 Å². The van der Waals surface area contributed by atoms with Gasteiger partial charge < -0.3 is 4.74 Å². The van der Waals surface area contributed by atoms with Crippen LogP contribution in [0.4, 0.5) is 0 Å². The predicted molar refractivity (Wildman–Crippen MR) is 53.5 cm³/mol. The number of ether oxygens (including phenoxy) is 1. The number of rotatable bonds is 0. The van der Waals surface area contributed by atoms with Gasteiger partial charge in [-0.05, 0) is 24.2 Å². The summed E-state index contributed by atoms with van der Waals surface area (Å²) in [5.74, 6) is 0.840. The Kier molecular flexibility index (Phi) is 2.37. The van der Waals surface area contributed by atoms with Gasteiger partial charge in [-0.2, -0.15) is 0 Å². The Morgan fingerprint density at radius 1 is 1.23 bits per heavy atom. The maximum Gasteiger partial charge on any atom is 0.111 e. The van der Waals surface area contributed by atoms with Gasteiger partial charge in [0.1, 0.15) is 6.23 Å². The normalized spacial score (nSPS) is 36.2. The van der Waals surface area contributed by atoms with Gasteiger partial charge in [0.2, 0.25) is 0 Å². The van der Waals surface area contributed by atoms with Crippen molar-refractivity contribution in [3.05, 3.63) is 0 Å². The predicted octanol–water partition coefficient (Wildman–Crippen LogP) is 2.10. The lowest BCUT2D eigenvalue weighted by atomic mass is 9.75. The fourth-order valence-corrected chi connectivity index (χ4v) is 2.50. The first-order valence-electron chi connectivity index (χ1n) is 5.43. The van der Waals surface area contributed by atoms with Crippen LogP contribution in [0.1, 0.15) is 33.6 Å². The SMILES string of the molecule is CC(C)(C)C1CCN2CCOC2C1. The zero-order valence-corrected chi connectivity index (χ0v) is 9.05. The summed E-state index contributed by atoms with van der Waals surface area (Å²) in [6.45, 7) is 10.4. The van der Waals surface area contributed by atoms with Crippen molar-refractivity contribution >= 4 is 0 Å². The van der Waals surface area contributed by atoms with Crippen LogP contribution in [0.2, 0.25) is 0 Å². The summed E-state index contributed by atoms with van der Waals surface area (Å²) in [6, 6.07) is 0. The molecule has 2 heteroatoms. The van der Waals surface area contributed by atoms with E-state index in [1.54, 1.807) is 0 Å². The topological polar surface area (TPSA) is 12.5 Å². The lowest BCUT2D eigenvalue weighted by Gasteiger charge is -2.40. The average molecular weight is 183 g/mol. The third kappa shape index (κ3) is 1.89. The molecule has 0 spiro atoms. The van der Waals surface area contributed by atoms with Crippen molar-refractivity contribution in [3.8, 4) is 0 Å². The Balaban J connectivity index is 1.97. The quantitative estimate of drug-likeness (QED) is 0.570. The van der Waals surface area contributed by atoms with Crippen LogP contribution in [0.15, 0.2) is 0 Å². The molecule has 2 rings (SSSR count). The minimum absolute atomic E-state index is 0.443. The minimum atomic E-state index is 0.443. The van der Waals surface area contributed by atoms with Crippen molar-refractivity contribution in [1.29, 1.82) is 0 Å². The largest absolute Gasteiger partial charge is 0.362 e. The molecule has 2 saturated heterocycles. The van der Waals surface area contributed by atoms with Crippen LogP contribution < -0.4 is 0 Å². The first-order chi connectivity index (χ1) is 6.07. The highest BCUT2D eigenvalue weighted by Gasteiger charge is 2.37. The van der Waals surface area contributed by atoms with Gasteiger partial charge in [0, 0.05) is 13.1 Å². The summed E-state index contributed by atoms with van der Waals surface area (Å²) in [5.41, 5.74) is 0.456. The van der Waals surface area contributed by atoms with Crippen LogP contribution in [0.5, 0.6) is 0 Å². The molecule has 2 nitrogen and oxygen atoms in total. The number of hydrogen-bond acceptors (Lipinski definition) is 2. The molecule has 0 aromatic rings. The lowest BCUT2D eigenvalue weighted by Crippen LogP contribution is -2.42. The van der Waals surface area contributed by atoms with Gasteiger partial charge in [-0.25, -0.2) is 0 Å². The smallest absolute Gasteiger partial charge is 0.111 e. The minimum Gasteiger partial charge on any atom is -0.362 e. The number of fused-ring (bicyclic) bond motifs is 1. The van der Waals surface area contributed by atoms with Gasteiger partial charge in [0.05, 0.1) is 6.61 Å². The van der Waals surface area contributed by atoms with Crippen LogP contribution in [-0.2, 0) is 4.74 Å². The van der Waals surface area contributed by atoms with Gasteiger partial charge in [-0.3, -0.25) is 4.90 Å². The molecule has 2 fully saturated rings. The molecule has 0 bridgehead atoms. The second-order valence-corrected chi connectivity index (χ2v) is 5.45. The van der Waals surface area contributed by atoms with E-state index in [1.165, 1.54) is 19.4 Å². The second-order valence-electron chi connectivity index (χ2n) is 5.45. The van der Waals surface area contributed by atoms with E-state index in [2.05, 4.69) is 25.7 Å². The van der Waals surface area contributed by atoms with Crippen LogP contribution in [0, 0.1) is 11.3 Å². The zero-order chi connectivity index (χ0) is 9.47.